The van der Waals surface area contributed by atoms with Crippen molar-refractivity contribution in [2.45, 2.75) is 38.5 Å². The van der Waals surface area contributed by atoms with Gasteiger partial charge in [0.05, 0.1) is 5.92 Å². The molecule has 112 valence electrons. The van der Waals surface area contributed by atoms with Gasteiger partial charge >= 0.3 is 5.97 Å². The topological polar surface area (TPSA) is 57.5 Å². The smallest absolute Gasteiger partial charge is 0.307 e. The summed E-state index contributed by atoms with van der Waals surface area (Å²) < 4.78 is 13.1. The van der Waals surface area contributed by atoms with Crippen molar-refractivity contribution in [3.05, 3.63) is 29.6 Å². The zero-order valence-electron chi connectivity index (χ0n) is 11.3. The molecule has 0 spiro atoms. The average molecular weight is 303 g/mol. The Morgan fingerprint density at radius 2 is 1.95 bits per heavy atom. The number of carbonyl (C=O) groups is 1. The number of carboxylic acids is 1. The molecule has 0 fully saturated rings. The number of halogens is 2. The van der Waals surface area contributed by atoms with Crippen molar-refractivity contribution in [2.24, 2.45) is 5.92 Å². The third-order valence-electron chi connectivity index (χ3n) is 3.32. The van der Waals surface area contributed by atoms with Crippen LogP contribution in [0.15, 0.2) is 18.2 Å². The molecule has 0 amide bonds. The molecule has 0 radical (unpaired) electrons. The van der Waals surface area contributed by atoms with Crippen LogP contribution in [0.3, 0.4) is 0 Å². The van der Waals surface area contributed by atoms with E-state index in [1.54, 1.807) is 6.07 Å². The van der Waals surface area contributed by atoms with Crippen molar-refractivity contribution >= 4 is 17.6 Å². The zero-order chi connectivity index (χ0) is 15.0. The molecule has 3 nitrogen and oxygen atoms in total. The van der Waals surface area contributed by atoms with Crippen molar-refractivity contribution in [2.75, 3.05) is 5.88 Å². The molecule has 0 aliphatic rings. The Labute approximate surface area is 123 Å². The van der Waals surface area contributed by atoms with Crippen LogP contribution < -0.4 is 0 Å². The summed E-state index contributed by atoms with van der Waals surface area (Å²) in [6.07, 6.45) is 5.04. The first kappa shape index (κ1) is 16.8. The third kappa shape index (κ3) is 5.78. The minimum atomic E-state index is -0.834. The molecule has 20 heavy (non-hydrogen) atoms. The van der Waals surface area contributed by atoms with Crippen LogP contribution in [0, 0.1) is 11.7 Å². The number of phenolic OH excluding ortho intramolecular Hbond substituents is 1. The molecule has 0 saturated heterocycles. The molecule has 0 aromatic heterocycles. The molecular weight excluding hydrogens is 283 g/mol. The van der Waals surface area contributed by atoms with Crippen LogP contribution in [-0.2, 0) is 11.2 Å². The monoisotopic (exact) mass is 302 g/mol. The summed E-state index contributed by atoms with van der Waals surface area (Å²) in [4.78, 5) is 10.8. The van der Waals surface area contributed by atoms with Gasteiger partial charge in [0.1, 0.15) is 0 Å². The minimum Gasteiger partial charge on any atom is -0.505 e. The number of hydrogen-bond donors (Lipinski definition) is 2. The van der Waals surface area contributed by atoms with Crippen molar-refractivity contribution in [3.63, 3.8) is 0 Å². The van der Waals surface area contributed by atoms with Gasteiger partial charge in [0.15, 0.2) is 11.6 Å². The molecule has 0 saturated carbocycles. The van der Waals surface area contributed by atoms with E-state index >= 15 is 0 Å². The number of rotatable bonds is 9. The molecule has 1 aromatic rings. The largest absolute Gasteiger partial charge is 0.505 e. The molecule has 0 aliphatic heterocycles. The van der Waals surface area contributed by atoms with Gasteiger partial charge in [-0.2, -0.15) is 0 Å². The number of alkyl halides is 1. The van der Waals surface area contributed by atoms with Gasteiger partial charge in [0.2, 0.25) is 0 Å². The Kier molecular flexibility index (Phi) is 7.37. The van der Waals surface area contributed by atoms with Crippen LogP contribution in [0.2, 0.25) is 0 Å². The van der Waals surface area contributed by atoms with Crippen molar-refractivity contribution in [1.29, 1.82) is 0 Å². The van der Waals surface area contributed by atoms with Gasteiger partial charge in [0.25, 0.3) is 0 Å². The molecule has 1 unspecified atom stereocenters. The van der Waals surface area contributed by atoms with Gasteiger partial charge in [-0.25, -0.2) is 4.39 Å². The third-order valence-corrected chi connectivity index (χ3v) is 3.69. The van der Waals surface area contributed by atoms with Gasteiger partial charge in [-0.1, -0.05) is 25.3 Å². The number of aromatic hydroxyl groups is 1. The summed E-state index contributed by atoms with van der Waals surface area (Å²) in [5.74, 6) is -2.05. The first-order valence-corrected chi connectivity index (χ1v) is 7.34. The van der Waals surface area contributed by atoms with E-state index in [1.165, 1.54) is 12.1 Å². The predicted molar refractivity (Wildman–Crippen MR) is 76.7 cm³/mol. The molecule has 0 heterocycles. The number of benzene rings is 1. The van der Waals surface area contributed by atoms with Gasteiger partial charge < -0.3 is 10.2 Å². The lowest BCUT2D eigenvalue weighted by molar-refractivity contribution is -0.141. The highest BCUT2D eigenvalue weighted by atomic mass is 35.5. The van der Waals surface area contributed by atoms with E-state index in [-0.39, 0.29) is 11.6 Å². The maximum atomic E-state index is 13.1. The average Bonchev–Trinajstić information content (AvgIpc) is 2.41. The van der Waals surface area contributed by atoms with Gasteiger partial charge in [-0.15, -0.1) is 11.6 Å². The molecule has 0 aliphatic carbocycles. The number of phenols is 1. The van der Waals surface area contributed by atoms with E-state index in [1.807, 2.05) is 0 Å². The fourth-order valence-electron chi connectivity index (χ4n) is 2.05. The van der Waals surface area contributed by atoms with Gasteiger partial charge in [0, 0.05) is 5.88 Å². The second kappa shape index (κ2) is 8.80. The van der Waals surface area contributed by atoms with E-state index in [4.69, 9.17) is 21.8 Å². The van der Waals surface area contributed by atoms with Crippen LogP contribution in [0.4, 0.5) is 4.39 Å². The van der Waals surface area contributed by atoms with E-state index in [0.29, 0.717) is 6.42 Å². The molecular formula is C15H20ClFO3. The normalized spacial score (nSPS) is 12.3. The van der Waals surface area contributed by atoms with Crippen LogP contribution in [0.5, 0.6) is 5.75 Å². The van der Waals surface area contributed by atoms with Crippen molar-refractivity contribution < 1.29 is 19.4 Å². The SMILES string of the molecule is O=C(O)C(CCl)CCCCCCc1ccc(O)c(F)c1. The Bertz CT molecular complexity index is 437. The fraction of sp³-hybridized carbons (Fsp3) is 0.533. The summed E-state index contributed by atoms with van der Waals surface area (Å²) in [5.41, 5.74) is 0.865. The lowest BCUT2D eigenvalue weighted by atomic mass is 10.0. The number of unbranched alkanes of at least 4 members (excludes halogenated alkanes) is 3. The summed E-state index contributed by atoms with van der Waals surface area (Å²) in [7, 11) is 0. The second-order valence-corrected chi connectivity index (χ2v) is 5.24. The van der Waals surface area contributed by atoms with E-state index in [0.717, 1.165) is 37.7 Å². The molecule has 0 bridgehead atoms. The molecule has 1 rings (SSSR count). The van der Waals surface area contributed by atoms with Gasteiger partial charge in [-0.05, 0) is 37.0 Å². The molecule has 1 atom stereocenters. The minimum absolute atomic E-state index is 0.155. The van der Waals surface area contributed by atoms with Crippen LogP contribution >= 0.6 is 11.6 Å². The highest BCUT2D eigenvalue weighted by Crippen LogP contribution is 2.18. The molecule has 2 N–H and O–H groups in total. The Balaban J connectivity index is 2.16. The Hall–Kier alpha value is -1.29. The molecule has 5 heteroatoms. The van der Waals surface area contributed by atoms with Crippen molar-refractivity contribution in [3.8, 4) is 5.75 Å². The van der Waals surface area contributed by atoms with E-state index in [2.05, 4.69) is 0 Å². The summed E-state index contributed by atoms with van der Waals surface area (Å²) in [6, 6.07) is 4.43. The number of hydrogen-bond acceptors (Lipinski definition) is 2. The van der Waals surface area contributed by atoms with Gasteiger partial charge in [-0.3, -0.25) is 4.79 Å². The zero-order valence-corrected chi connectivity index (χ0v) is 12.1. The summed E-state index contributed by atoms with van der Waals surface area (Å²) in [5, 5.41) is 17.9. The Morgan fingerprint density at radius 1 is 1.25 bits per heavy atom. The number of aryl methyl sites for hydroxylation is 1. The van der Waals surface area contributed by atoms with Crippen LogP contribution in [-0.4, -0.2) is 22.1 Å². The van der Waals surface area contributed by atoms with E-state index in [9.17, 15) is 9.18 Å². The first-order chi connectivity index (χ1) is 9.54. The maximum Gasteiger partial charge on any atom is 0.307 e. The lowest BCUT2D eigenvalue weighted by Crippen LogP contribution is -2.14. The predicted octanol–water partition coefficient (Wildman–Crippen LogP) is 3.96. The van der Waals surface area contributed by atoms with Crippen molar-refractivity contribution in [1.82, 2.24) is 0 Å². The number of aliphatic carboxylic acids is 1. The lowest BCUT2D eigenvalue weighted by Gasteiger charge is -2.08. The second-order valence-electron chi connectivity index (χ2n) is 4.93. The quantitative estimate of drug-likeness (QED) is 0.536. The highest BCUT2D eigenvalue weighted by Gasteiger charge is 2.14. The first-order valence-electron chi connectivity index (χ1n) is 6.80. The van der Waals surface area contributed by atoms with E-state index < -0.39 is 17.7 Å². The summed E-state index contributed by atoms with van der Waals surface area (Å²) >= 11 is 5.57. The van der Waals surface area contributed by atoms with Crippen LogP contribution in [0.1, 0.15) is 37.7 Å². The Morgan fingerprint density at radius 3 is 2.55 bits per heavy atom. The fourth-order valence-corrected chi connectivity index (χ4v) is 2.33. The number of carboxylic acid groups (broad SMARTS) is 1. The highest BCUT2D eigenvalue weighted by molar-refractivity contribution is 6.19. The molecule has 1 aromatic carbocycles. The summed E-state index contributed by atoms with van der Waals surface area (Å²) in [6.45, 7) is 0. The standard InChI is InChI=1S/C15H20ClFO3/c16-10-12(15(19)20)6-4-2-1-3-5-11-7-8-14(18)13(17)9-11/h7-9,12,18H,1-6,10H2,(H,19,20). The maximum absolute atomic E-state index is 13.1. The van der Waals surface area contributed by atoms with Crippen LogP contribution in [0.25, 0.3) is 0 Å².